The number of aromatic nitrogens is 1. The number of likely N-dealkylation sites (N-methyl/N-ethyl adjacent to an activating group) is 1. The molecule has 1 aromatic heterocycles. The third-order valence-corrected chi connectivity index (χ3v) is 7.89. The molecule has 9 heteroatoms. The van der Waals surface area contributed by atoms with Gasteiger partial charge in [-0.2, -0.15) is 0 Å². The minimum absolute atomic E-state index is 0.0226. The van der Waals surface area contributed by atoms with Crippen molar-refractivity contribution < 1.29 is 14.4 Å². The molecule has 0 bridgehead atoms. The summed E-state index contributed by atoms with van der Waals surface area (Å²) in [6.07, 6.45) is 8.32. The number of nitrogens with one attached hydrogen (secondary N) is 1. The minimum atomic E-state index is -0.926. The second kappa shape index (κ2) is 11.9. The van der Waals surface area contributed by atoms with E-state index in [1.807, 2.05) is 6.92 Å². The molecule has 3 N–H and O–H groups in total. The van der Waals surface area contributed by atoms with E-state index in [1.54, 1.807) is 47.5 Å². The van der Waals surface area contributed by atoms with Crippen molar-refractivity contribution >= 4 is 41.0 Å². The molecule has 2 heterocycles. The van der Waals surface area contributed by atoms with E-state index in [0.29, 0.717) is 35.4 Å². The molecule has 37 heavy (non-hydrogen) atoms. The summed E-state index contributed by atoms with van der Waals surface area (Å²) >= 11 is 6.19. The first kappa shape index (κ1) is 26.9. The lowest BCUT2D eigenvalue weighted by Gasteiger charge is -2.46. The van der Waals surface area contributed by atoms with Crippen LogP contribution in [0.4, 0.5) is 16.3 Å². The highest BCUT2D eigenvalue weighted by atomic mass is 35.5. The van der Waals surface area contributed by atoms with E-state index in [2.05, 4.69) is 17.2 Å². The van der Waals surface area contributed by atoms with Crippen LogP contribution in [-0.4, -0.2) is 46.4 Å². The number of carbonyl (C=O) groups excluding carboxylic acids is 3. The Bertz CT molecular complexity index is 1140. The van der Waals surface area contributed by atoms with Gasteiger partial charge in [0, 0.05) is 29.5 Å². The number of carbonyl (C=O) groups is 3. The van der Waals surface area contributed by atoms with Gasteiger partial charge < -0.3 is 16.0 Å². The Morgan fingerprint density at radius 3 is 2.59 bits per heavy atom. The Labute approximate surface area is 223 Å². The highest BCUT2D eigenvalue weighted by Gasteiger charge is 2.55. The lowest BCUT2D eigenvalue weighted by atomic mass is 9.81. The first-order valence-electron chi connectivity index (χ1n) is 13.2. The Hall–Kier alpha value is -3.13. The maximum atomic E-state index is 13.9. The summed E-state index contributed by atoms with van der Waals surface area (Å²) in [6.45, 7) is 4.28. The second-order valence-corrected chi connectivity index (χ2v) is 10.4. The summed E-state index contributed by atoms with van der Waals surface area (Å²) in [7, 11) is 0. The number of benzene rings is 1. The Kier molecular flexibility index (Phi) is 8.69. The van der Waals surface area contributed by atoms with Gasteiger partial charge in [-0.3, -0.25) is 14.5 Å². The summed E-state index contributed by atoms with van der Waals surface area (Å²) in [5.74, 6) is -0.608. The molecule has 0 spiro atoms. The number of nitrogens with zero attached hydrogens (tertiary/aromatic N) is 3. The fourth-order valence-corrected chi connectivity index (χ4v) is 5.90. The van der Waals surface area contributed by atoms with Crippen LogP contribution in [0.15, 0.2) is 42.6 Å². The molecule has 198 valence electrons. The van der Waals surface area contributed by atoms with Crippen LogP contribution in [0.5, 0.6) is 0 Å². The average molecular weight is 526 g/mol. The van der Waals surface area contributed by atoms with E-state index in [4.69, 9.17) is 17.3 Å². The first-order chi connectivity index (χ1) is 17.8. The number of β-lactam (4-membered cyclic amide) rings is 1. The number of hydrogen-bond acceptors (Lipinski definition) is 5. The van der Waals surface area contributed by atoms with Gasteiger partial charge in [0.15, 0.2) is 0 Å². The zero-order chi connectivity index (χ0) is 26.5. The van der Waals surface area contributed by atoms with Crippen molar-refractivity contribution in [1.82, 2.24) is 15.2 Å². The summed E-state index contributed by atoms with van der Waals surface area (Å²) in [4.78, 5) is 47.5. The number of nitrogen functional groups attached to an aromatic ring is 1. The standard InChI is InChI=1S/C28H36ClN5O3/c1-3-23(19-9-6-5-7-10-19)32-28(37)34-25(22(26(34)35)15-18-13-14-31-24(30)16-18)27(36)33(4-2)21-12-8-11-20(29)17-21/h8,11-14,16-17,19,22-23,25H,3-7,9-10,15H2,1-2H3,(H2,30,31)(H,32,37)/t22-,23-,25+/m1/s1. The molecule has 3 atom stereocenters. The first-order valence-corrected chi connectivity index (χ1v) is 13.6. The monoisotopic (exact) mass is 525 g/mol. The van der Waals surface area contributed by atoms with Crippen LogP contribution in [0.2, 0.25) is 5.02 Å². The highest BCUT2D eigenvalue weighted by molar-refractivity contribution is 6.31. The lowest BCUT2D eigenvalue weighted by Crippen LogP contribution is -2.71. The van der Waals surface area contributed by atoms with Gasteiger partial charge in [-0.25, -0.2) is 9.78 Å². The number of imide groups is 1. The smallest absolute Gasteiger partial charge is 0.325 e. The molecule has 4 rings (SSSR count). The topological polar surface area (TPSA) is 109 Å². The molecule has 1 aliphatic heterocycles. The Morgan fingerprint density at radius 1 is 1.19 bits per heavy atom. The molecule has 1 saturated carbocycles. The number of likely N-dealkylation sites (tertiary alicyclic amines) is 1. The minimum Gasteiger partial charge on any atom is -0.384 e. The van der Waals surface area contributed by atoms with Crippen molar-refractivity contribution in [2.75, 3.05) is 17.2 Å². The number of hydrogen-bond donors (Lipinski definition) is 2. The molecule has 2 fully saturated rings. The highest BCUT2D eigenvalue weighted by Crippen LogP contribution is 2.34. The SMILES string of the molecule is CC[C@@H](NC(=O)N1C(=O)[C@H](Cc2ccnc(N)c2)[C@H]1C(=O)N(CC)c1cccc(Cl)c1)C1CCCCC1. The van der Waals surface area contributed by atoms with Crippen LogP contribution in [0.1, 0.15) is 57.9 Å². The van der Waals surface area contributed by atoms with E-state index in [0.717, 1.165) is 42.6 Å². The van der Waals surface area contributed by atoms with Gasteiger partial charge >= 0.3 is 6.03 Å². The van der Waals surface area contributed by atoms with Crippen molar-refractivity contribution in [3.05, 3.63) is 53.2 Å². The van der Waals surface area contributed by atoms with E-state index in [-0.39, 0.29) is 17.9 Å². The number of urea groups is 1. The summed E-state index contributed by atoms with van der Waals surface area (Å²) in [5, 5.41) is 3.60. The predicted molar refractivity (Wildman–Crippen MR) is 145 cm³/mol. The molecule has 1 saturated heterocycles. The number of rotatable bonds is 8. The maximum absolute atomic E-state index is 13.9. The summed E-state index contributed by atoms with van der Waals surface area (Å²) in [6, 6.07) is 9.06. The van der Waals surface area contributed by atoms with Gasteiger partial charge in [-0.15, -0.1) is 0 Å². The maximum Gasteiger partial charge on any atom is 0.325 e. The van der Waals surface area contributed by atoms with Crippen molar-refractivity contribution in [3.8, 4) is 0 Å². The zero-order valence-corrected chi connectivity index (χ0v) is 22.3. The Morgan fingerprint density at radius 2 is 1.95 bits per heavy atom. The van der Waals surface area contributed by atoms with E-state index in [1.165, 1.54) is 6.42 Å². The third kappa shape index (κ3) is 5.90. The normalized spacial score (nSPS) is 20.7. The van der Waals surface area contributed by atoms with Crippen LogP contribution >= 0.6 is 11.6 Å². The van der Waals surface area contributed by atoms with Gasteiger partial charge in [0.1, 0.15) is 11.9 Å². The van der Waals surface area contributed by atoms with Crippen LogP contribution in [0.25, 0.3) is 0 Å². The van der Waals surface area contributed by atoms with Crippen molar-refractivity contribution in [2.24, 2.45) is 11.8 Å². The molecule has 0 unspecified atom stereocenters. The quantitative estimate of drug-likeness (QED) is 0.481. The van der Waals surface area contributed by atoms with Crippen LogP contribution in [0, 0.1) is 11.8 Å². The molecule has 1 aliphatic carbocycles. The number of anilines is 2. The average Bonchev–Trinajstić information content (AvgIpc) is 2.89. The zero-order valence-electron chi connectivity index (χ0n) is 21.5. The predicted octanol–water partition coefficient (Wildman–Crippen LogP) is 4.81. The molecule has 8 nitrogen and oxygen atoms in total. The van der Waals surface area contributed by atoms with Crippen molar-refractivity contribution in [1.29, 1.82) is 0 Å². The van der Waals surface area contributed by atoms with Gasteiger partial charge in [-0.05, 0) is 74.4 Å². The van der Waals surface area contributed by atoms with E-state index < -0.39 is 18.0 Å². The molecule has 2 aliphatic rings. The summed E-state index contributed by atoms with van der Waals surface area (Å²) in [5.41, 5.74) is 7.26. The molecular weight excluding hydrogens is 490 g/mol. The summed E-state index contributed by atoms with van der Waals surface area (Å²) < 4.78 is 0. The van der Waals surface area contributed by atoms with Crippen molar-refractivity contribution in [2.45, 2.75) is 70.9 Å². The second-order valence-electron chi connectivity index (χ2n) is 9.98. The third-order valence-electron chi connectivity index (χ3n) is 7.66. The molecule has 0 radical (unpaired) electrons. The van der Waals surface area contributed by atoms with Crippen LogP contribution in [0.3, 0.4) is 0 Å². The van der Waals surface area contributed by atoms with Crippen LogP contribution < -0.4 is 16.0 Å². The molecule has 1 aromatic carbocycles. The molecular formula is C28H36ClN5O3. The van der Waals surface area contributed by atoms with E-state index >= 15 is 0 Å². The largest absolute Gasteiger partial charge is 0.384 e. The fraction of sp³-hybridized carbons (Fsp3) is 0.500. The van der Waals surface area contributed by atoms with Gasteiger partial charge in [0.05, 0.1) is 5.92 Å². The van der Waals surface area contributed by atoms with Crippen molar-refractivity contribution in [3.63, 3.8) is 0 Å². The molecule has 4 amide bonds. The number of nitrogens with two attached hydrogens (primary N) is 1. The fourth-order valence-electron chi connectivity index (χ4n) is 5.72. The number of amides is 4. The molecule has 2 aromatic rings. The van der Waals surface area contributed by atoms with Gasteiger partial charge in [0.25, 0.3) is 5.91 Å². The van der Waals surface area contributed by atoms with E-state index in [9.17, 15) is 14.4 Å². The van der Waals surface area contributed by atoms with Gasteiger partial charge in [-0.1, -0.05) is 43.9 Å². The Balaban J connectivity index is 1.60. The number of halogens is 1. The lowest BCUT2D eigenvalue weighted by molar-refractivity contribution is -0.156. The van der Waals surface area contributed by atoms with Crippen LogP contribution in [-0.2, 0) is 16.0 Å². The number of pyridine rings is 1. The van der Waals surface area contributed by atoms with Gasteiger partial charge in [0.2, 0.25) is 5.91 Å².